The molecule has 0 unspecified atom stereocenters. The first kappa shape index (κ1) is 25.0. The third kappa shape index (κ3) is 8.98. The monoisotopic (exact) mass is 512 g/mol. The molecule has 1 heterocycles. The molecule has 0 aromatic heterocycles. The van der Waals surface area contributed by atoms with Gasteiger partial charge >= 0.3 is 6.18 Å². The maximum Gasteiger partial charge on any atom is 0.416 e. The Bertz CT molecular complexity index is 582. The minimum Gasteiger partial charge on any atom is -0.357 e. The Morgan fingerprint density at radius 2 is 1.79 bits per heavy atom. The number of hydrogen-bond acceptors (Lipinski definition) is 2. The van der Waals surface area contributed by atoms with Gasteiger partial charge in [-0.25, -0.2) is 0 Å². The Balaban J connectivity index is 0.00000392. The molecular weight excluding hydrogens is 480 g/mol. The number of aliphatic imine (C=N–C) groups is 1. The number of benzene rings is 1. The number of likely N-dealkylation sites (tertiary alicyclic amines) is 1. The van der Waals surface area contributed by atoms with Crippen LogP contribution in [0.15, 0.2) is 29.3 Å². The summed E-state index contributed by atoms with van der Waals surface area (Å²) in [7, 11) is 2.16. The van der Waals surface area contributed by atoms with Gasteiger partial charge in [0, 0.05) is 19.6 Å². The summed E-state index contributed by atoms with van der Waals surface area (Å²) in [5, 5.41) is 6.49. The van der Waals surface area contributed by atoms with Gasteiger partial charge in [-0.15, -0.1) is 24.0 Å². The predicted octanol–water partition coefficient (Wildman–Crippen LogP) is 4.15. The van der Waals surface area contributed by atoms with Gasteiger partial charge in [0.05, 0.1) is 5.56 Å². The highest BCUT2D eigenvalue weighted by molar-refractivity contribution is 14.0. The second kappa shape index (κ2) is 12.5. The molecule has 28 heavy (non-hydrogen) atoms. The molecule has 0 spiro atoms. The normalized spacial score (nSPS) is 16.5. The van der Waals surface area contributed by atoms with Crippen molar-refractivity contribution in [2.45, 2.75) is 38.8 Å². The van der Waals surface area contributed by atoms with Gasteiger partial charge in [-0.05, 0) is 76.4 Å². The molecule has 1 fully saturated rings. The maximum atomic E-state index is 12.6. The lowest BCUT2D eigenvalue weighted by Gasteiger charge is -2.28. The third-order valence-electron chi connectivity index (χ3n) is 4.98. The van der Waals surface area contributed by atoms with Gasteiger partial charge < -0.3 is 15.5 Å². The Morgan fingerprint density at radius 3 is 2.36 bits per heavy atom. The lowest BCUT2D eigenvalue weighted by atomic mass is 9.94. The molecule has 160 valence electrons. The SMILES string of the molecule is CCNC(=NCCC1CCN(C)CC1)NCCc1ccc(C(F)(F)F)cc1.I. The van der Waals surface area contributed by atoms with E-state index in [4.69, 9.17) is 0 Å². The fourth-order valence-corrected chi connectivity index (χ4v) is 3.24. The second-order valence-electron chi connectivity index (χ2n) is 7.17. The van der Waals surface area contributed by atoms with Crippen LogP contribution in [-0.2, 0) is 12.6 Å². The van der Waals surface area contributed by atoms with Crippen LogP contribution in [0.4, 0.5) is 13.2 Å². The van der Waals surface area contributed by atoms with E-state index in [1.165, 1.54) is 38.1 Å². The Kier molecular flexibility index (Phi) is 11.2. The topological polar surface area (TPSA) is 39.7 Å². The average Bonchev–Trinajstić information content (AvgIpc) is 2.63. The smallest absolute Gasteiger partial charge is 0.357 e. The second-order valence-corrected chi connectivity index (χ2v) is 7.17. The number of hydrogen-bond donors (Lipinski definition) is 2. The Morgan fingerprint density at radius 1 is 1.14 bits per heavy atom. The van der Waals surface area contributed by atoms with Gasteiger partial charge in [-0.2, -0.15) is 13.2 Å². The van der Waals surface area contributed by atoms with Crippen molar-refractivity contribution in [2.75, 3.05) is 39.8 Å². The fraction of sp³-hybridized carbons (Fsp3) is 0.650. The summed E-state index contributed by atoms with van der Waals surface area (Å²) in [4.78, 5) is 7.00. The molecule has 1 saturated heterocycles. The van der Waals surface area contributed by atoms with Crippen LogP contribution in [0.25, 0.3) is 0 Å². The summed E-state index contributed by atoms with van der Waals surface area (Å²) >= 11 is 0. The molecule has 0 bridgehead atoms. The lowest BCUT2D eigenvalue weighted by Crippen LogP contribution is -2.38. The molecule has 2 N–H and O–H groups in total. The van der Waals surface area contributed by atoms with Crippen LogP contribution in [0.2, 0.25) is 0 Å². The van der Waals surface area contributed by atoms with E-state index in [0.717, 1.165) is 49.1 Å². The summed E-state index contributed by atoms with van der Waals surface area (Å²) in [5.41, 5.74) is 0.265. The van der Waals surface area contributed by atoms with E-state index in [-0.39, 0.29) is 24.0 Å². The van der Waals surface area contributed by atoms with Crippen molar-refractivity contribution >= 4 is 29.9 Å². The van der Waals surface area contributed by atoms with Crippen molar-refractivity contribution in [2.24, 2.45) is 10.9 Å². The highest BCUT2D eigenvalue weighted by Gasteiger charge is 2.29. The summed E-state index contributed by atoms with van der Waals surface area (Å²) in [5.74, 6) is 1.53. The van der Waals surface area contributed by atoms with E-state index < -0.39 is 11.7 Å². The standard InChI is InChI=1S/C20H31F3N4.HI/c1-3-24-19(26-13-9-17-10-14-27(2)15-11-17)25-12-8-16-4-6-18(7-5-16)20(21,22)23;/h4-7,17H,3,8-15H2,1-2H3,(H2,24,25,26);1H. The molecule has 0 radical (unpaired) electrons. The lowest BCUT2D eigenvalue weighted by molar-refractivity contribution is -0.137. The fourth-order valence-electron chi connectivity index (χ4n) is 3.24. The molecule has 0 amide bonds. The Hall–Kier alpha value is -1.03. The quantitative estimate of drug-likeness (QED) is 0.328. The molecule has 0 aliphatic carbocycles. The number of alkyl halides is 3. The molecule has 4 nitrogen and oxygen atoms in total. The van der Waals surface area contributed by atoms with E-state index in [9.17, 15) is 13.2 Å². The molecule has 1 aliphatic heterocycles. The van der Waals surface area contributed by atoms with Gasteiger partial charge in [-0.1, -0.05) is 12.1 Å². The zero-order valence-corrected chi connectivity index (χ0v) is 19.0. The zero-order chi connectivity index (χ0) is 19.7. The largest absolute Gasteiger partial charge is 0.416 e. The first-order valence-electron chi connectivity index (χ1n) is 9.75. The zero-order valence-electron chi connectivity index (χ0n) is 16.7. The number of rotatable bonds is 7. The van der Waals surface area contributed by atoms with E-state index >= 15 is 0 Å². The number of guanidine groups is 1. The molecule has 2 rings (SSSR count). The van der Waals surface area contributed by atoms with Crippen LogP contribution < -0.4 is 10.6 Å². The number of nitrogens with one attached hydrogen (secondary N) is 2. The number of halogens is 4. The summed E-state index contributed by atoms with van der Waals surface area (Å²) in [6, 6.07) is 5.34. The Labute approximate surface area is 183 Å². The number of nitrogens with zero attached hydrogens (tertiary/aromatic N) is 2. The predicted molar refractivity (Wildman–Crippen MR) is 119 cm³/mol. The molecule has 0 saturated carbocycles. The highest BCUT2D eigenvalue weighted by Crippen LogP contribution is 2.29. The number of piperidine rings is 1. The van der Waals surface area contributed by atoms with Crippen molar-refractivity contribution < 1.29 is 13.2 Å². The molecular formula is C20H32F3IN4. The first-order valence-corrected chi connectivity index (χ1v) is 9.75. The van der Waals surface area contributed by atoms with Crippen molar-refractivity contribution in [1.82, 2.24) is 15.5 Å². The van der Waals surface area contributed by atoms with Crippen LogP contribution >= 0.6 is 24.0 Å². The summed E-state index contributed by atoms with van der Waals surface area (Å²) < 4.78 is 37.8. The van der Waals surface area contributed by atoms with Crippen molar-refractivity contribution in [3.63, 3.8) is 0 Å². The van der Waals surface area contributed by atoms with Crippen LogP contribution in [0.3, 0.4) is 0 Å². The molecule has 1 aromatic rings. The van der Waals surface area contributed by atoms with Crippen LogP contribution in [-0.4, -0.2) is 50.6 Å². The molecule has 1 aliphatic rings. The summed E-state index contributed by atoms with van der Waals surface area (Å²) in [6.45, 7) is 6.55. The van der Waals surface area contributed by atoms with Crippen molar-refractivity contribution in [3.05, 3.63) is 35.4 Å². The van der Waals surface area contributed by atoms with Gasteiger partial charge in [0.15, 0.2) is 5.96 Å². The average molecular weight is 512 g/mol. The third-order valence-corrected chi connectivity index (χ3v) is 4.98. The van der Waals surface area contributed by atoms with Gasteiger partial charge in [0.1, 0.15) is 0 Å². The van der Waals surface area contributed by atoms with Crippen LogP contribution in [0.1, 0.15) is 37.3 Å². The van der Waals surface area contributed by atoms with Crippen LogP contribution in [0.5, 0.6) is 0 Å². The minimum atomic E-state index is -4.28. The van der Waals surface area contributed by atoms with Gasteiger partial charge in [-0.3, -0.25) is 4.99 Å². The molecule has 0 atom stereocenters. The minimum absolute atomic E-state index is 0. The van der Waals surface area contributed by atoms with Gasteiger partial charge in [0.2, 0.25) is 0 Å². The first-order chi connectivity index (χ1) is 12.9. The summed E-state index contributed by atoms with van der Waals surface area (Å²) in [6.07, 6.45) is -0.0515. The molecule has 1 aromatic carbocycles. The highest BCUT2D eigenvalue weighted by atomic mass is 127. The van der Waals surface area contributed by atoms with Crippen LogP contribution in [0, 0.1) is 5.92 Å². The maximum absolute atomic E-state index is 12.6. The van der Waals surface area contributed by atoms with Crippen molar-refractivity contribution in [3.8, 4) is 0 Å². The van der Waals surface area contributed by atoms with Crippen molar-refractivity contribution in [1.29, 1.82) is 0 Å². The molecule has 8 heteroatoms. The van der Waals surface area contributed by atoms with E-state index in [1.54, 1.807) is 0 Å². The van der Waals surface area contributed by atoms with E-state index in [1.807, 2.05) is 6.92 Å². The van der Waals surface area contributed by atoms with Gasteiger partial charge in [0.25, 0.3) is 0 Å². The van der Waals surface area contributed by atoms with E-state index in [2.05, 4.69) is 27.6 Å². The van der Waals surface area contributed by atoms with E-state index in [0.29, 0.717) is 13.0 Å².